The summed E-state index contributed by atoms with van der Waals surface area (Å²) in [6, 6.07) is 5.58. The molecule has 6 heteroatoms. The van der Waals surface area contributed by atoms with Gasteiger partial charge < -0.3 is 14.5 Å². The van der Waals surface area contributed by atoms with Crippen LogP contribution in [0.1, 0.15) is 23.7 Å². The highest BCUT2D eigenvalue weighted by Crippen LogP contribution is 2.46. The molecule has 1 unspecified atom stereocenters. The van der Waals surface area contributed by atoms with Crippen LogP contribution >= 0.6 is 11.6 Å². The van der Waals surface area contributed by atoms with Crippen molar-refractivity contribution in [3.05, 3.63) is 57.8 Å². The van der Waals surface area contributed by atoms with Gasteiger partial charge in [0.25, 0.3) is 5.79 Å². The molecule has 2 aliphatic rings. The minimum Gasteiger partial charge on any atom is -0.422 e. The van der Waals surface area contributed by atoms with E-state index in [4.69, 9.17) is 21.1 Å². The molecule has 5 nitrogen and oxygen atoms in total. The molecule has 0 amide bonds. The van der Waals surface area contributed by atoms with Gasteiger partial charge in [0.1, 0.15) is 0 Å². The number of benzene rings is 1. The van der Waals surface area contributed by atoms with E-state index < -0.39 is 11.8 Å². The number of ether oxygens (including phenoxy) is 2. The normalized spacial score (nSPS) is 21.6. The van der Waals surface area contributed by atoms with E-state index in [1.165, 1.54) is 6.92 Å². The molecule has 0 fully saturated rings. The van der Waals surface area contributed by atoms with E-state index in [0.29, 0.717) is 34.8 Å². The zero-order chi connectivity index (χ0) is 16.9. The molecule has 0 radical (unpaired) electrons. The molecule has 120 valence electrons. The maximum absolute atomic E-state index is 11.7. The van der Waals surface area contributed by atoms with Crippen molar-refractivity contribution in [3.8, 4) is 6.07 Å². The van der Waals surface area contributed by atoms with E-state index in [1.54, 1.807) is 12.1 Å². The highest BCUT2D eigenvalue weighted by molar-refractivity contribution is 6.35. The summed E-state index contributed by atoms with van der Waals surface area (Å²) in [5.74, 6) is -1.77. The van der Waals surface area contributed by atoms with Gasteiger partial charge >= 0.3 is 5.97 Å². The average molecular weight is 341 g/mol. The second-order valence-corrected chi connectivity index (χ2v) is 6.13. The fourth-order valence-corrected chi connectivity index (χ4v) is 3.52. The molecule has 1 N–H and O–H groups in total. The predicted octanol–water partition coefficient (Wildman–Crippen LogP) is 3.48. The molecule has 2 heterocycles. The Labute approximate surface area is 143 Å². The number of hydrogen-bond donors (Lipinski definition) is 1. The Balaban J connectivity index is 2.04. The van der Waals surface area contributed by atoms with Crippen molar-refractivity contribution < 1.29 is 14.3 Å². The zero-order valence-electron chi connectivity index (χ0n) is 12.9. The summed E-state index contributed by atoms with van der Waals surface area (Å²) < 4.78 is 11.5. The number of hydrogen-bond acceptors (Lipinski definition) is 4. The number of carbonyl (C=O) groups is 1. The number of nitrogens with zero attached hydrogens (tertiary/aromatic N) is 1. The SMILES string of the molecule is CC(=O)OC1(C2=CC=C2)OCCc2c1[nH]c1c(Cl)ccc(C#N)c21. The number of allylic oxidation sites excluding steroid dienone is 2. The van der Waals surface area contributed by atoms with E-state index in [1.807, 2.05) is 18.2 Å². The Kier molecular flexibility index (Phi) is 3.27. The maximum Gasteiger partial charge on any atom is 0.305 e. The number of fused-ring (bicyclic) bond motifs is 3. The molecule has 0 saturated carbocycles. The quantitative estimate of drug-likeness (QED) is 0.849. The Morgan fingerprint density at radius 2 is 2.29 bits per heavy atom. The third kappa shape index (κ3) is 1.94. The van der Waals surface area contributed by atoms with Crippen molar-refractivity contribution in [2.24, 2.45) is 0 Å². The lowest BCUT2D eigenvalue weighted by Crippen LogP contribution is -2.42. The fraction of sp³-hybridized carbons (Fsp3) is 0.222. The summed E-state index contributed by atoms with van der Waals surface area (Å²) >= 11 is 6.31. The van der Waals surface area contributed by atoms with E-state index in [0.717, 1.165) is 16.5 Å². The number of aromatic nitrogens is 1. The second-order valence-electron chi connectivity index (χ2n) is 5.73. The number of aromatic amines is 1. The number of esters is 1. The van der Waals surface area contributed by atoms with Gasteiger partial charge in [-0.3, -0.25) is 4.79 Å². The van der Waals surface area contributed by atoms with E-state index >= 15 is 0 Å². The van der Waals surface area contributed by atoms with Crippen molar-refractivity contribution in [1.29, 1.82) is 5.26 Å². The molecule has 1 aliphatic heterocycles. The Hall–Kier alpha value is -2.55. The highest BCUT2D eigenvalue weighted by atomic mass is 35.5. The first kappa shape index (κ1) is 15.0. The topological polar surface area (TPSA) is 75.1 Å². The van der Waals surface area contributed by atoms with Gasteiger partial charge in [0, 0.05) is 17.9 Å². The molecule has 1 aromatic heterocycles. The molecule has 1 aromatic carbocycles. The maximum atomic E-state index is 11.7. The van der Waals surface area contributed by atoms with Crippen molar-refractivity contribution >= 4 is 28.5 Å². The van der Waals surface area contributed by atoms with Gasteiger partial charge in [-0.15, -0.1) is 0 Å². The van der Waals surface area contributed by atoms with Crippen LogP contribution in [0.15, 0.2) is 35.9 Å². The summed E-state index contributed by atoms with van der Waals surface area (Å²) in [5, 5.41) is 10.7. The monoisotopic (exact) mass is 340 g/mol. The first-order valence-corrected chi connectivity index (χ1v) is 7.90. The first-order valence-electron chi connectivity index (χ1n) is 7.53. The average Bonchev–Trinajstić information content (AvgIpc) is 2.88. The molecule has 2 aromatic rings. The van der Waals surface area contributed by atoms with Crippen LogP contribution in [0.2, 0.25) is 5.02 Å². The first-order chi connectivity index (χ1) is 11.6. The van der Waals surface area contributed by atoms with Crippen molar-refractivity contribution in [2.75, 3.05) is 6.61 Å². The number of rotatable bonds is 2. The molecule has 1 aliphatic carbocycles. The van der Waals surface area contributed by atoms with Gasteiger partial charge in [-0.1, -0.05) is 29.8 Å². The van der Waals surface area contributed by atoms with Crippen LogP contribution < -0.4 is 0 Å². The van der Waals surface area contributed by atoms with E-state index in [-0.39, 0.29) is 0 Å². The third-order valence-electron chi connectivity index (χ3n) is 4.33. The molecular weight excluding hydrogens is 328 g/mol. The summed E-state index contributed by atoms with van der Waals surface area (Å²) in [7, 11) is 0. The minimum atomic E-state index is -1.32. The predicted molar refractivity (Wildman–Crippen MR) is 88.3 cm³/mol. The van der Waals surface area contributed by atoms with Crippen LogP contribution in [0.4, 0.5) is 0 Å². The lowest BCUT2D eigenvalue weighted by atomic mass is 9.89. The van der Waals surface area contributed by atoms with Gasteiger partial charge in [0.2, 0.25) is 0 Å². The van der Waals surface area contributed by atoms with Crippen LogP contribution in [-0.4, -0.2) is 17.6 Å². The second kappa shape index (κ2) is 5.23. The van der Waals surface area contributed by atoms with Crippen molar-refractivity contribution in [2.45, 2.75) is 19.1 Å². The van der Waals surface area contributed by atoms with E-state index in [9.17, 15) is 10.1 Å². The molecule has 0 bridgehead atoms. The number of carbonyl (C=O) groups excluding carboxylic acids is 1. The summed E-state index contributed by atoms with van der Waals surface area (Å²) in [5.41, 5.74) is 3.46. The van der Waals surface area contributed by atoms with E-state index in [2.05, 4.69) is 11.1 Å². The minimum absolute atomic E-state index is 0.371. The molecule has 24 heavy (non-hydrogen) atoms. The Bertz CT molecular complexity index is 980. The zero-order valence-corrected chi connectivity index (χ0v) is 13.6. The smallest absolute Gasteiger partial charge is 0.305 e. The summed E-state index contributed by atoms with van der Waals surface area (Å²) in [6.07, 6.45) is 6.14. The van der Waals surface area contributed by atoms with Crippen LogP contribution in [0.3, 0.4) is 0 Å². The van der Waals surface area contributed by atoms with Crippen LogP contribution in [0, 0.1) is 11.3 Å². The van der Waals surface area contributed by atoms with Gasteiger partial charge in [-0.05, 0) is 24.1 Å². The van der Waals surface area contributed by atoms with Gasteiger partial charge in [-0.25, -0.2) is 0 Å². The molecule has 4 rings (SSSR count). The Morgan fingerprint density at radius 3 is 2.92 bits per heavy atom. The van der Waals surface area contributed by atoms with Gasteiger partial charge in [0.05, 0.1) is 34.5 Å². The lowest BCUT2D eigenvalue weighted by Gasteiger charge is -2.38. The summed E-state index contributed by atoms with van der Waals surface area (Å²) in [4.78, 5) is 15.0. The lowest BCUT2D eigenvalue weighted by molar-refractivity contribution is -0.223. The largest absolute Gasteiger partial charge is 0.422 e. The van der Waals surface area contributed by atoms with Gasteiger partial charge in [0.15, 0.2) is 0 Å². The number of H-pyrrole nitrogens is 1. The van der Waals surface area contributed by atoms with Crippen LogP contribution in [0.5, 0.6) is 0 Å². The molecular formula is C18H13ClN2O3. The number of nitriles is 1. The third-order valence-corrected chi connectivity index (χ3v) is 4.65. The van der Waals surface area contributed by atoms with Crippen molar-refractivity contribution in [1.82, 2.24) is 4.98 Å². The fourth-order valence-electron chi connectivity index (χ4n) is 3.31. The highest BCUT2D eigenvalue weighted by Gasteiger charge is 2.47. The molecule has 0 spiro atoms. The number of halogens is 1. The molecule has 0 saturated heterocycles. The van der Waals surface area contributed by atoms with Gasteiger partial charge in [-0.2, -0.15) is 5.26 Å². The van der Waals surface area contributed by atoms with Crippen molar-refractivity contribution in [3.63, 3.8) is 0 Å². The Morgan fingerprint density at radius 1 is 1.50 bits per heavy atom. The van der Waals surface area contributed by atoms with Crippen LogP contribution in [0.25, 0.3) is 10.9 Å². The molecule has 1 atom stereocenters. The number of nitrogens with one attached hydrogen (secondary N) is 1. The standard InChI is InChI=1S/C18H13ClN2O3/c1-10(22)24-18(12-3-2-4-12)17-13(7-8-23-18)15-11(9-20)5-6-14(19)16(15)21-17/h2-6,21H,7-8H2,1H3. The summed E-state index contributed by atoms with van der Waals surface area (Å²) in [6.45, 7) is 1.72. The van der Waals surface area contributed by atoms with Crippen LogP contribution in [-0.2, 0) is 26.5 Å².